The molecule has 2 saturated heterocycles. The van der Waals surface area contributed by atoms with Crippen molar-refractivity contribution in [2.24, 2.45) is 5.92 Å². The second-order valence-corrected chi connectivity index (χ2v) is 9.73. The number of aromatic amines is 1. The van der Waals surface area contributed by atoms with Gasteiger partial charge in [0.25, 0.3) is 0 Å². The Kier molecular flexibility index (Phi) is 7.20. The molecule has 2 aliphatic rings. The highest BCUT2D eigenvalue weighted by Crippen LogP contribution is 2.30. The summed E-state index contributed by atoms with van der Waals surface area (Å²) in [6.45, 7) is 6.82. The third-order valence-electron chi connectivity index (χ3n) is 5.75. The standard InChI is InChI=1S/C20H31N3O6S/c1-4-28-20(25)17-13(2)22-14(3)18(17)30(26,27)23-9-7-15(8-10-23)19(24)21-12-16-6-5-11-29-16/h15-16,22H,4-12H2,1-3H3,(H,21,24)/t16-/m1/s1. The van der Waals surface area contributed by atoms with Crippen molar-refractivity contribution in [3.05, 3.63) is 17.0 Å². The smallest absolute Gasteiger partial charge is 0.341 e. The molecule has 2 N–H and O–H groups in total. The van der Waals surface area contributed by atoms with Gasteiger partial charge in [-0.3, -0.25) is 4.79 Å². The first-order valence-corrected chi connectivity index (χ1v) is 12.0. The van der Waals surface area contributed by atoms with E-state index in [-0.39, 0.29) is 48.1 Å². The zero-order chi connectivity index (χ0) is 21.9. The van der Waals surface area contributed by atoms with Crippen LogP contribution in [0.4, 0.5) is 0 Å². The van der Waals surface area contributed by atoms with Gasteiger partial charge in [0.2, 0.25) is 15.9 Å². The van der Waals surface area contributed by atoms with Crippen LogP contribution < -0.4 is 5.32 Å². The van der Waals surface area contributed by atoms with Crippen LogP contribution in [0.15, 0.2) is 4.90 Å². The van der Waals surface area contributed by atoms with E-state index in [1.807, 2.05) is 0 Å². The molecule has 0 radical (unpaired) electrons. The van der Waals surface area contributed by atoms with Crippen molar-refractivity contribution in [3.63, 3.8) is 0 Å². The molecule has 0 aromatic carbocycles. The average Bonchev–Trinajstić information content (AvgIpc) is 3.33. The number of hydrogen-bond acceptors (Lipinski definition) is 6. The van der Waals surface area contributed by atoms with Crippen LogP contribution in [-0.4, -0.2) is 68.5 Å². The summed E-state index contributed by atoms with van der Waals surface area (Å²) in [5.41, 5.74) is 0.936. The molecule has 1 atom stereocenters. The Morgan fingerprint density at radius 1 is 1.20 bits per heavy atom. The molecule has 3 heterocycles. The lowest BCUT2D eigenvalue weighted by Crippen LogP contribution is -2.44. The van der Waals surface area contributed by atoms with E-state index in [4.69, 9.17) is 9.47 Å². The fraction of sp³-hybridized carbons (Fsp3) is 0.700. The Hall–Kier alpha value is -1.91. The van der Waals surface area contributed by atoms with E-state index in [0.717, 1.165) is 19.4 Å². The Morgan fingerprint density at radius 2 is 1.90 bits per heavy atom. The molecule has 0 unspecified atom stereocenters. The highest BCUT2D eigenvalue weighted by Gasteiger charge is 2.37. The van der Waals surface area contributed by atoms with Gasteiger partial charge in [-0.15, -0.1) is 0 Å². The van der Waals surface area contributed by atoms with Crippen LogP contribution in [0.1, 0.15) is 54.4 Å². The third kappa shape index (κ3) is 4.70. The summed E-state index contributed by atoms with van der Waals surface area (Å²) in [6, 6.07) is 0. The van der Waals surface area contributed by atoms with Gasteiger partial charge in [-0.1, -0.05) is 0 Å². The summed E-state index contributed by atoms with van der Waals surface area (Å²) in [6.07, 6.45) is 2.93. The molecule has 0 aliphatic carbocycles. The molecule has 1 amide bonds. The second kappa shape index (κ2) is 9.49. The zero-order valence-corrected chi connectivity index (χ0v) is 18.6. The van der Waals surface area contributed by atoms with Gasteiger partial charge in [-0.2, -0.15) is 4.31 Å². The molecule has 3 rings (SSSR count). The number of rotatable bonds is 7. The fourth-order valence-corrected chi connectivity index (χ4v) is 6.06. The van der Waals surface area contributed by atoms with Gasteiger partial charge in [0.05, 0.1) is 12.7 Å². The lowest BCUT2D eigenvalue weighted by molar-refractivity contribution is -0.126. The van der Waals surface area contributed by atoms with Gasteiger partial charge in [0.15, 0.2) is 0 Å². The quantitative estimate of drug-likeness (QED) is 0.619. The lowest BCUT2D eigenvalue weighted by Gasteiger charge is -2.31. The van der Waals surface area contributed by atoms with E-state index >= 15 is 0 Å². The fourth-order valence-electron chi connectivity index (χ4n) is 4.18. The van der Waals surface area contributed by atoms with Crippen molar-refractivity contribution < 1.29 is 27.5 Å². The number of nitrogens with one attached hydrogen (secondary N) is 2. The van der Waals surface area contributed by atoms with Gasteiger partial charge in [-0.05, 0) is 46.5 Å². The molecule has 2 fully saturated rings. The minimum atomic E-state index is -3.89. The van der Waals surface area contributed by atoms with Crippen LogP contribution in [0.2, 0.25) is 0 Å². The van der Waals surface area contributed by atoms with Crippen LogP contribution in [-0.2, 0) is 24.3 Å². The number of esters is 1. The van der Waals surface area contributed by atoms with Crippen LogP contribution in [0.3, 0.4) is 0 Å². The summed E-state index contributed by atoms with van der Waals surface area (Å²) >= 11 is 0. The Bertz CT molecular complexity index is 881. The SMILES string of the molecule is CCOC(=O)c1c(C)[nH]c(C)c1S(=O)(=O)N1CCC(C(=O)NC[C@H]2CCCO2)CC1. The monoisotopic (exact) mass is 441 g/mol. The van der Waals surface area contributed by atoms with Crippen molar-refractivity contribution in [1.82, 2.24) is 14.6 Å². The van der Waals surface area contributed by atoms with Crippen molar-refractivity contribution >= 4 is 21.9 Å². The van der Waals surface area contributed by atoms with E-state index in [2.05, 4.69) is 10.3 Å². The number of aromatic nitrogens is 1. The number of hydrogen-bond donors (Lipinski definition) is 2. The molecular formula is C20H31N3O6S. The van der Waals surface area contributed by atoms with Gasteiger partial charge in [0, 0.05) is 43.5 Å². The van der Waals surface area contributed by atoms with E-state index in [1.54, 1.807) is 20.8 Å². The molecule has 0 saturated carbocycles. The topological polar surface area (TPSA) is 118 Å². The normalized spacial score (nSPS) is 21.0. The Balaban J connectivity index is 1.66. The summed E-state index contributed by atoms with van der Waals surface area (Å²) < 4.78 is 38.5. The first kappa shape index (κ1) is 22.8. The molecular weight excluding hydrogens is 410 g/mol. The van der Waals surface area contributed by atoms with Gasteiger partial charge in [0.1, 0.15) is 10.5 Å². The minimum Gasteiger partial charge on any atom is -0.462 e. The number of piperidine rings is 1. The van der Waals surface area contributed by atoms with Crippen LogP contribution in [0.5, 0.6) is 0 Å². The maximum atomic E-state index is 13.3. The maximum Gasteiger partial charge on any atom is 0.341 e. The number of carbonyl (C=O) groups is 2. The average molecular weight is 442 g/mol. The summed E-state index contributed by atoms with van der Waals surface area (Å²) in [4.78, 5) is 27.7. The van der Waals surface area contributed by atoms with E-state index in [0.29, 0.717) is 30.8 Å². The molecule has 0 spiro atoms. The first-order chi connectivity index (χ1) is 14.3. The predicted octanol–water partition coefficient (Wildman–Crippen LogP) is 1.50. The Morgan fingerprint density at radius 3 is 2.50 bits per heavy atom. The number of ether oxygens (including phenoxy) is 2. The zero-order valence-electron chi connectivity index (χ0n) is 17.8. The van der Waals surface area contributed by atoms with Crippen molar-refractivity contribution in [1.29, 1.82) is 0 Å². The second-order valence-electron chi connectivity index (χ2n) is 7.86. The van der Waals surface area contributed by atoms with E-state index in [1.165, 1.54) is 4.31 Å². The minimum absolute atomic E-state index is 0.0280. The molecule has 2 aliphatic heterocycles. The van der Waals surface area contributed by atoms with E-state index < -0.39 is 16.0 Å². The molecule has 30 heavy (non-hydrogen) atoms. The molecule has 1 aromatic heterocycles. The largest absolute Gasteiger partial charge is 0.462 e. The number of sulfonamides is 1. The number of amides is 1. The maximum absolute atomic E-state index is 13.3. The lowest BCUT2D eigenvalue weighted by atomic mass is 9.97. The van der Waals surface area contributed by atoms with Crippen LogP contribution in [0, 0.1) is 19.8 Å². The third-order valence-corrected chi connectivity index (χ3v) is 7.82. The number of carbonyl (C=O) groups excluding carboxylic acids is 2. The molecule has 10 heteroatoms. The van der Waals surface area contributed by atoms with Gasteiger partial charge in [-0.25, -0.2) is 13.2 Å². The summed E-state index contributed by atoms with van der Waals surface area (Å²) in [5, 5.41) is 2.93. The van der Waals surface area contributed by atoms with Crippen LogP contribution in [0.25, 0.3) is 0 Å². The highest BCUT2D eigenvalue weighted by atomic mass is 32.2. The van der Waals surface area contributed by atoms with Crippen molar-refractivity contribution in [3.8, 4) is 0 Å². The highest BCUT2D eigenvalue weighted by molar-refractivity contribution is 7.89. The molecule has 1 aromatic rings. The van der Waals surface area contributed by atoms with Crippen molar-refractivity contribution in [2.75, 3.05) is 32.8 Å². The van der Waals surface area contributed by atoms with E-state index in [9.17, 15) is 18.0 Å². The summed E-state index contributed by atoms with van der Waals surface area (Å²) in [7, 11) is -3.89. The van der Waals surface area contributed by atoms with Gasteiger partial charge >= 0.3 is 5.97 Å². The summed E-state index contributed by atoms with van der Waals surface area (Å²) in [5.74, 6) is -0.929. The number of aryl methyl sites for hydroxylation is 2. The number of nitrogens with zero attached hydrogens (tertiary/aromatic N) is 1. The predicted molar refractivity (Wildman–Crippen MR) is 110 cm³/mol. The Labute approximate surface area is 177 Å². The van der Waals surface area contributed by atoms with Crippen molar-refractivity contribution in [2.45, 2.75) is 57.5 Å². The molecule has 9 nitrogen and oxygen atoms in total. The molecule has 0 bridgehead atoms. The van der Waals surface area contributed by atoms with Gasteiger partial charge < -0.3 is 19.8 Å². The first-order valence-electron chi connectivity index (χ1n) is 10.5. The molecule has 168 valence electrons. The van der Waals surface area contributed by atoms with Crippen LogP contribution >= 0.6 is 0 Å². The number of H-pyrrole nitrogens is 1.